The molecule has 0 bridgehead atoms. The van der Waals surface area contributed by atoms with Gasteiger partial charge in [-0.2, -0.15) is 0 Å². The van der Waals surface area contributed by atoms with Crippen molar-refractivity contribution in [3.05, 3.63) is 75.3 Å². The first-order valence-corrected chi connectivity index (χ1v) is 9.85. The van der Waals surface area contributed by atoms with Crippen LogP contribution < -0.4 is 5.76 Å². The van der Waals surface area contributed by atoms with E-state index in [0.717, 1.165) is 5.56 Å². The lowest BCUT2D eigenvalue weighted by molar-refractivity contribution is -0.127. The number of aliphatic hydroxyl groups excluding tert-OH is 1. The Morgan fingerprint density at radius 2 is 1.67 bits per heavy atom. The highest BCUT2D eigenvalue weighted by atomic mass is 16.4. The second-order valence-corrected chi connectivity index (χ2v) is 8.61. The third kappa shape index (κ3) is 3.38. The van der Waals surface area contributed by atoms with Crippen LogP contribution in [0, 0.1) is 12.3 Å². The Morgan fingerprint density at radius 3 is 2.30 bits per heavy atom. The maximum absolute atomic E-state index is 12.6. The van der Waals surface area contributed by atoms with E-state index >= 15 is 0 Å². The van der Waals surface area contributed by atoms with Crippen LogP contribution in [-0.4, -0.2) is 21.2 Å². The first-order chi connectivity index (χ1) is 14.2. The van der Waals surface area contributed by atoms with E-state index in [1.165, 1.54) is 4.57 Å². The number of Topliss-reactive ketones (excluding diaryl/α,β-unsaturated/α-hetero) is 2. The topological polar surface area (TPSA) is 89.5 Å². The minimum atomic E-state index is -0.507. The molecule has 1 aliphatic carbocycles. The van der Waals surface area contributed by atoms with Crippen molar-refractivity contribution in [2.45, 2.75) is 40.2 Å². The van der Waals surface area contributed by atoms with Crippen molar-refractivity contribution in [3.8, 4) is 0 Å². The van der Waals surface area contributed by atoms with Gasteiger partial charge in [0, 0.05) is 18.4 Å². The van der Waals surface area contributed by atoms with Gasteiger partial charge in [0.15, 0.2) is 17.1 Å². The molecule has 1 aromatic heterocycles. The molecular weight excluding hydrogens is 382 g/mol. The van der Waals surface area contributed by atoms with Gasteiger partial charge in [-0.25, -0.2) is 4.79 Å². The molecule has 0 saturated heterocycles. The molecule has 2 aromatic carbocycles. The van der Waals surface area contributed by atoms with Crippen molar-refractivity contribution in [2.24, 2.45) is 5.41 Å². The molecule has 30 heavy (non-hydrogen) atoms. The number of aliphatic hydroxyl groups is 1. The van der Waals surface area contributed by atoms with E-state index in [-0.39, 0.29) is 35.7 Å². The summed E-state index contributed by atoms with van der Waals surface area (Å²) in [6, 6.07) is 12.6. The molecule has 0 radical (unpaired) electrons. The average molecular weight is 405 g/mol. The van der Waals surface area contributed by atoms with Gasteiger partial charge in [-0.15, -0.1) is 0 Å². The number of hydrogen-bond donors (Lipinski definition) is 1. The molecule has 3 aromatic rings. The monoisotopic (exact) mass is 405 g/mol. The normalized spacial score (nSPS) is 16.3. The lowest BCUT2D eigenvalue weighted by Gasteiger charge is -2.29. The molecule has 1 aliphatic rings. The number of carbonyl (C=O) groups is 2. The number of hydrogen-bond acceptors (Lipinski definition) is 5. The summed E-state index contributed by atoms with van der Waals surface area (Å²) >= 11 is 0. The summed E-state index contributed by atoms with van der Waals surface area (Å²) in [6.07, 6.45) is 0.397. The van der Waals surface area contributed by atoms with Crippen LogP contribution in [0.5, 0.6) is 0 Å². The van der Waals surface area contributed by atoms with Crippen LogP contribution in [0.15, 0.2) is 57.2 Å². The Morgan fingerprint density at radius 1 is 1.03 bits per heavy atom. The Hall–Kier alpha value is -3.41. The molecule has 1 N–H and O–H groups in total. The summed E-state index contributed by atoms with van der Waals surface area (Å²) in [6.45, 7) is 5.77. The first kappa shape index (κ1) is 19.9. The Bertz CT molecular complexity index is 1240. The predicted octanol–water partition coefficient (Wildman–Crippen LogP) is 4.18. The van der Waals surface area contributed by atoms with Gasteiger partial charge in [0.2, 0.25) is 0 Å². The highest BCUT2D eigenvalue weighted by Crippen LogP contribution is 2.37. The van der Waals surface area contributed by atoms with Gasteiger partial charge in [0.25, 0.3) is 0 Å². The number of carbonyl (C=O) groups excluding carboxylic acids is 2. The van der Waals surface area contributed by atoms with E-state index < -0.39 is 11.2 Å². The van der Waals surface area contributed by atoms with Crippen molar-refractivity contribution < 1.29 is 19.1 Å². The highest BCUT2D eigenvalue weighted by molar-refractivity contribution is 6.26. The number of rotatable bonds is 3. The van der Waals surface area contributed by atoms with Crippen LogP contribution in [0.3, 0.4) is 0 Å². The van der Waals surface area contributed by atoms with Gasteiger partial charge >= 0.3 is 5.76 Å². The van der Waals surface area contributed by atoms with Gasteiger partial charge in [0.1, 0.15) is 11.3 Å². The van der Waals surface area contributed by atoms with Crippen LogP contribution in [0.1, 0.15) is 43.4 Å². The third-order valence-electron chi connectivity index (χ3n) is 5.59. The maximum atomic E-state index is 12.6. The second-order valence-electron chi connectivity index (χ2n) is 8.61. The molecule has 0 unspecified atom stereocenters. The Labute approximate surface area is 173 Å². The lowest BCUT2D eigenvalue weighted by atomic mass is 9.73. The summed E-state index contributed by atoms with van der Waals surface area (Å²) in [7, 11) is 0. The molecular formula is C24H23NO5. The molecule has 4 rings (SSSR count). The minimum absolute atomic E-state index is 0.155. The van der Waals surface area contributed by atoms with Crippen molar-refractivity contribution in [1.29, 1.82) is 0 Å². The standard InChI is InChI=1S/C24H23NO5/c1-14-16(22(28)20-17(26)11-24(2,3)12-18(20)27)9-10-19-21(14)25(23(29)30-19)13-15-7-5-4-6-8-15/h4-10,28H,11-13H2,1-3H3. The van der Waals surface area contributed by atoms with Gasteiger partial charge in [0.05, 0.1) is 12.1 Å². The highest BCUT2D eigenvalue weighted by Gasteiger charge is 2.38. The largest absolute Gasteiger partial charge is 0.506 e. The van der Waals surface area contributed by atoms with Crippen molar-refractivity contribution >= 4 is 28.4 Å². The molecule has 1 fully saturated rings. The second kappa shape index (κ2) is 7.13. The van der Waals surface area contributed by atoms with Crippen LogP contribution in [0.4, 0.5) is 0 Å². The predicted molar refractivity (Wildman–Crippen MR) is 113 cm³/mol. The number of fused-ring (bicyclic) bond motifs is 1. The fraction of sp³-hybridized carbons (Fsp3) is 0.292. The summed E-state index contributed by atoms with van der Waals surface area (Å²) < 4.78 is 6.87. The fourth-order valence-electron chi connectivity index (χ4n) is 4.16. The smallest absolute Gasteiger partial charge is 0.420 e. The van der Waals surface area contributed by atoms with E-state index in [9.17, 15) is 19.5 Å². The SMILES string of the molecule is Cc1c(C(O)=C2C(=O)CC(C)(C)CC2=O)ccc2oc(=O)n(Cc3ccccc3)c12. The number of oxazole rings is 1. The van der Waals surface area contributed by atoms with E-state index in [0.29, 0.717) is 28.8 Å². The van der Waals surface area contributed by atoms with Gasteiger partial charge in [-0.3, -0.25) is 14.2 Å². The van der Waals surface area contributed by atoms with Crippen LogP contribution in [0.2, 0.25) is 0 Å². The molecule has 0 amide bonds. The van der Waals surface area contributed by atoms with Crippen LogP contribution in [-0.2, 0) is 16.1 Å². The molecule has 0 spiro atoms. The fourth-order valence-corrected chi connectivity index (χ4v) is 4.16. The van der Waals surface area contributed by atoms with Crippen molar-refractivity contribution in [3.63, 3.8) is 0 Å². The number of allylic oxidation sites excluding steroid dienone is 1. The zero-order valence-electron chi connectivity index (χ0n) is 17.2. The summed E-state index contributed by atoms with van der Waals surface area (Å²) in [5, 5.41) is 10.9. The zero-order chi connectivity index (χ0) is 21.6. The van der Waals surface area contributed by atoms with Gasteiger partial charge in [-0.1, -0.05) is 44.2 Å². The Balaban J connectivity index is 1.86. The van der Waals surface area contributed by atoms with E-state index in [2.05, 4.69) is 0 Å². The zero-order valence-corrected chi connectivity index (χ0v) is 17.2. The van der Waals surface area contributed by atoms with E-state index in [1.54, 1.807) is 19.1 Å². The molecule has 6 heteroatoms. The van der Waals surface area contributed by atoms with Crippen molar-refractivity contribution in [2.75, 3.05) is 0 Å². The van der Waals surface area contributed by atoms with Crippen molar-refractivity contribution in [1.82, 2.24) is 4.57 Å². The molecule has 1 heterocycles. The van der Waals surface area contributed by atoms with Gasteiger partial charge in [-0.05, 0) is 35.6 Å². The van der Waals surface area contributed by atoms with E-state index in [4.69, 9.17) is 4.42 Å². The molecule has 6 nitrogen and oxygen atoms in total. The number of aromatic nitrogens is 1. The van der Waals surface area contributed by atoms with E-state index in [1.807, 2.05) is 44.2 Å². The molecule has 0 atom stereocenters. The lowest BCUT2D eigenvalue weighted by Crippen LogP contribution is -2.32. The number of aryl methyl sites for hydroxylation is 1. The molecule has 154 valence electrons. The van der Waals surface area contributed by atoms with Gasteiger partial charge < -0.3 is 9.52 Å². The Kier molecular flexibility index (Phi) is 4.73. The quantitative estimate of drug-likeness (QED) is 0.401. The van der Waals surface area contributed by atoms with Crippen LogP contribution >= 0.6 is 0 Å². The van der Waals surface area contributed by atoms with Crippen LogP contribution in [0.25, 0.3) is 16.9 Å². The first-order valence-electron chi connectivity index (χ1n) is 9.85. The summed E-state index contributed by atoms with van der Waals surface area (Å²) in [5.74, 6) is -1.56. The molecule has 0 aliphatic heterocycles. The number of ketones is 2. The number of benzene rings is 2. The summed E-state index contributed by atoms with van der Waals surface area (Å²) in [5.41, 5.74) is 2.19. The maximum Gasteiger partial charge on any atom is 0.420 e. The molecule has 1 saturated carbocycles. The average Bonchev–Trinajstić information content (AvgIpc) is 2.97. The summed E-state index contributed by atoms with van der Waals surface area (Å²) in [4.78, 5) is 37.7. The third-order valence-corrected chi connectivity index (χ3v) is 5.59. The minimum Gasteiger partial charge on any atom is -0.506 e. The number of nitrogens with zero attached hydrogens (tertiary/aromatic N) is 1.